The van der Waals surface area contributed by atoms with E-state index in [1.807, 2.05) is 24.3 Å². The number of aromatic nitrogens is 4. The van der Waals surface area contributed by atoms with Crippen molar-refractivity contribution in [2.75, 3.05) is 19.0 Å². The van der Waals surface area contributed by atoms with Crippen LogP contribution in [0.15, 0.2) is 59.5 Å². The third-order valence-corrected chi connectivity index (χ3v) is 7.06. The standard InChI is InChI=1S/C26H24Cl2N6O3/c1-32-23(9-11-30-32)34-25(36)19-10-12-33(24(35)17-5-8-20(27)21(28)13-17)15-22(19)31-26(34)29-14-16-3-6-18(37-2)7-4-16/h3-9,11,13H,10,12,14-15H2,1-2H3,(H,29,31). The number of hydrogen-bond donors (Lipinski definition) is 1. The Morgan fingerprint density at radius 2 is 1.89 bits per heavy atom. The maximum absolute atomic E-state index is 13.7. The highest BCUT2D eigenvalue weighted by Crippen LogP contribution is 2.25. The monoisotopic (exact) mass is 538 g/mol. The number of hydrogen-bond acceptors (Lipinski definition) is 6. The molecule has 190 valence electrons. The first-order valence-corrected chi connectivity index (χ1v) is 12.4. The summed E-state index contributed by atoms with van der Waals surface area (Å²) in [6.07, 6.45) is 2.01. The van der Waals surface area contributed by atoms with Gasteiger partial charge in [0.05, 0.1) is 35.6 Å². The molecule has 9 nitrogen and oxygen atoms in total. The summed E-state index contributed by atoms with van der Waals surface area (Å²) in [5.41, 5.74) is 2.36. The highest BCUT2D eigenvalue weighted by atomic mass is 35.5. The molecule has 0 spiro atoms. The van der Waals surface area contributed by atoms with Gasteiger partial charge in [-0.05, 0) is 42.3 Å². The quantitative estimate of drug-likeness (QED) is 0.397. The summed E-state index contributed by atoms with van der Waals surface area (Å²) in [6, 6.07) is 14.2. The molecule has 2 aromatic carbocycles. The first-order chi connectivity index (χ1) is 17.9. The number of rotatable bonds is 6. The van der Waals surface area contributed by atoms with Crippen molar-refractivity contribution in [2.45, 2.75) is 19.5 Å². The molecule has 4 aromatic rings. The second-order valence-electron chi connectivity index (χ2n) is 8.62. The van der Waals surface area contributed by atoms with Gasteiger partial charge in [-0.2, -0.15) is 5.10 Å². The molecule has 1 aliphatic rings. The van der Waals surface area contributed by atoms with Gasteiger partial charge in [0.15, 0.2) is 0 Å². The molecule has 0 unspecified atom stereocenters. The zero-order chi connectivity index (χ0) is 26.1. The van der Waals surface area contributed by atoms with E-state index in [0.717, 1.165) is 11.3 Å². The van der Waals surface area contributed by atoms with Crippen LogP contribution in [0, 0.1) is 0 Å². The van der Waals surface area contributed by atoms with E-state index in [1.54, 1.807) is 54.2 Å². The van der Waals surface area contributed by atoms with Crippen molar-refractivity contribution in [3.8, 4) is 11.6 Å². The second-order valence-corrected chi connectivity index (χ2v) is 9.44. The summed E-state index contributed by atoms with van der Waals surface area (Å²) in [5.74, 6) is 1.52. The number of amides is 1. The fraction of sp³-hybridized carbons (Fsp3) is 0.231. The summed E-state index contributed by atoms with van der Waals surface area (Å²) >= 11 is 12.1. The average molecular weight is 539 g/mol. The topological polar surface area (TPSA) is 94.3 Å². The fourth-order valence-electron chi connectivity index (χ4n) is 4.32. The molecule has 1 amide bonds. The number of methoxy groups -OCH3 is 1. The molecule has 3 heterocycles. The lowest BCUT2D eigenvalue weighted by molar-refractivity contribution is 0.0731. The van der Waals surface area contributed by atoms with Crippen LogP contribution in [0.1, 0.15) is 27.2 Å². The third-order valence-electron chi connectivity index (χ3n) is 6.32. The molecule has 2 aromatic heterocycles. The van der Waals surface area contributed by atoms with Gasteiger partial charge >= 0.3 is 0 Å². The predicted octanol–water partition coefficient (Wildman–Crippen LogP) is 4.09. The number of ether oxygens (including phenoxy) is 1. The Labute approximate surface area is 223 Å². The molecular weight excluding hydrogens is 515 g/mol. The lowest BCUT2D eigenvalue weighted by atomic mass is 10.0. The lowest BCUT2D eigenvalue weighted by Gasteiger charge is -2.29. The number of anilines is 1. The number of carbonyl (C=O) groups is 1. The van der Waals surface area contributed by atoms with E-state index >= 15 is 0 Å². The maximum atomic E-state index is 13.7. The summed E-state index contributed by atoms with van der Waals surface area (Å²) in [6.45, 7) is 1.01. The first-order valence-electron chi connectivity index (χ1n) is 11.6. The second kappa shape index (κ2) is 10.3. The van der Waals surface area contributed by atoms with E-state index in [2.05, 4.69) is 10.4 Å². The number of nitrogens with one attached hydrogen (secondary N) is 1. The molecule has 0 atom stereocenters. The van der Waals surface area contributed by atoms with Crippen molar-refractivity contribution in [1.29, 1.82) is 0 Å². The predicted molar refractivity (Wildman–Crippen MR) is 142 cm³/mol. The highest BCUT2D eigenvalue weighted by Gasteiger charge is 2.28. The van der Waals surface area contributed by atoms with Crippen LogP contribution < -0.4 is 15.6 Å². The Morgan fingerprint density at radius 1 is 1.11 bits per heavy atom. The van der Waals surface area contributed by atoms with Crippen molar-refractivity contribution in [3.05, 3.63) is 97.5 Å². The van der Waals surface area contributed by atoms with Gasteiger partial charge in [-0.3, -0.25) is 14.3 Å². The maximum Gasteiger partial charge on any atom is 0.264 e. The van der Waals surface area contributed by atoms with Crippen molar-refractivity contribution in [3.63, 3.8) is 0 Å². The van der Waals surface area contributed by atoms with Crippen molar-refractivity contribution in [2.24, 2.45) is 7.05 Å². The van der Waals surface area contributed by atoms with Gasteiger partial charge in [-0.15, -0.1) is 0 Å². The summed E-state index contributed by atoms with van der Waals surface area (Å²) in [4.78, 5) is 33.4. The van der Waals surface area contributed by atoms with E-state index in [9.17, 15) is 9.59 Å². The van der Waals surface area contributed by atoms with Crippen molar-refractivity contribution >= 4 is 35.1 Å². The number of aryl methyl sites for hydroxylation is 1. The fourth-order valence-corrected chi connectivity index (χ4v) is 4.61. The van der Waals surface area contributed by atoms with E-state index in [4.69, 9.17) is 32.9 Å². The van der Waals surface area contributed by atoms with Crippen LogP contribution in [0.3, 0.4) is 0 Å². The van der Waals surface area contributed by atoms with Gasteiger partial charge in [0, 0.05) is 37.3 Å². The molecule has 1 N–H and O–H groups in total. The Morgan fingerprint density at radius 3 is 2.57 bits per heavy atom. The van der Waals surface area contributed by atoms with Gasteiger partial charge in [-0.1, -0.05) is 35.3 Å². The van der Waals surface area contributed by atoms with Gasteiger partial charge < -0.3 is 15.0 Å². The lowest BCUT2D eigenvalue weighted by Crippen LogP contribution is -2.41. The van der Waals surface area contributed by atoms with Crippen LogP contribution in [-0.2, 0) is 26.6 Å². The minimum Gasteiger partial charge on any atom is -0.497 e. The van der Waals surface area contributed by atoms with Crippen LogP contribution >= 0.6 is 23.2 Å². The minimum atomic E-state index is -0.199. The smallest absolute Gasteiger partial charge is 0.264 e. The van der Waals surface area contributed by atoms with E-state index < -0.39 is 0 Å². The Balaban J connectivity index is 1.49. The molecule has 0 radical (unpaired) electrons. The minimum absolute atomic E-state index is 0.188. The van der Waals surface area contributed by atoms with Crippen LogP contribution in [0.2, 0.25) is 10.0 Å². The molecule has 5 rings (SSSR count). The van der Waals surface area contributed by atoms with Gasteiger partial charge in [0.1, 0.15) is 11.6 Å². The van der Waals surface area contributed by atoms with E-state index in [-0.39, 0.29) is 18.0 Å². The van der Waals surface area contributed by atoms with Crippen LogP contribution in [0.4, 0.5) is 5.95 Å². The molecule has 0 aliphatic carbocycles. The van der Waals surface area contributed by atoms with Crippen molar-refractivity contribution in [1.82, 2.24) is 24.2 Å². The Hall–Kier alpha value is -3.82. The zero-order valence-corrected chi connectivity index (χ0v) is 21.8. The molecular formula is C26H24Cl2N6O3. The average Bonchev–Trinajstić information content (AvgIpc) is 3.33. The summed E-state index contributed by atoms with van der Waals surface area (Å²) in [5, 5.41) is 8.21. The first kappa shape index (κ1) is 24.9. The van der Waals surface area contributed by atoms with Gasteiger partial charge in [0.2, 0.25) is 5.95 Å². The number of carbonyl (C=O) groups excluding carboxylic acids is 1. The largest absolute Gasteiger partial charge is 0.497 e. The Bertz CT molecular complexity index is 1530. The third kappa shape index (κ3) is 4.92. The van der Waals surface area contributed by atoms with Gasteiger partial charge in [-0.25, -0.2) is 9.55 Å². The molecule has 0 saturated carbocycles. The number of halogens is 2. The SMILES string of the molecule is COc1ccc(CNc2nc3c(c(=O)n2-c2ccnn2C)CCN(C(=O)c2ccc(Cl)c(Cl)c2)C3)cc1. The Kier molecular flexibility index (Phi) is 6.90. The summed E-state index contributed by atoms with van der Waals surface area (Å²) in [7, 11) is 3.39. The number of nitrogens with zero attached hydrogens (tertiary/aromatic N) is 5. The highest BCUT2D eigenvalue weighted by molar-refractivity contribution is 6.42. The molecule has 0 bridgehead atoms. The molecule has 1 aliphatic heterocycles. The molecule has 0 fully saturated rings. The normalized spacial score (nSPS) is 12.8. The number of fused-ring (bicyclic) bond motifs is 1. The zero-order valence-electron chi connectivity index (χ0n) is 20.2. The van der Waals surface area contributed by atoms with Crippen LogP contribution in [0.25, 0.3) is 5.82 Å². The number of benzene rings is 2. The summed E-state index contributed by atoms with van der Waals surface area (Å²) < 4.78 is 8.39. The molecule has 11 heteroatoms. The van der Waals surface area contributed by atoms with E-state index in [0.29, 0.717) is 58.1 Å². The van der Waals surface area contributed by atoms with Crippen LogP contribution in [0.5, 0.6) is 5.75 Å². The van der Waals surface area contributed by atoms with Gasteiger partial charge in [0.25, 0.3) is 11.5 Å². The molecule has 37 heavy (non-hydrogen) atoms. The van der Waals surface area contributed by atoms with E-state index in [1.165, 1.54) is 4.57 Å². The van der Waals surface area contributed by atoms with Crippen molar-refractivity contribution < 1.29 is 9.53 Å². The molecule has 0 saturated heterocycles. The van der Waals surface area contributed by atoms with Crippen LogP contribution in [-0.4, -0.2) is 43.8 Å².